The fraction of sp³-hybridized carbons (Fsp3) is 0.550. The monoisotopic (exact) mass is 356 g/mol. The standard InChI is InChI=1S/C20H28N4O2/c1-13(2)11-24-7-8-26-17(12-24)10-21-20(25)16-5-6-18-19(9-16)23-15(4)14(3)22-18/h5-6,9,13,17H,7-8,10-12H2,1-4H3,(H,21,25)/t17-/m0/s1. The molecule has 1 N–H and O–H groups in total. The van der Waals surface area contributed by atoms with Crippen molar-refractivity contribution in [1.29, 1.82) is 0 Å². The van der Waals surface area contributed by atoms with Crippen LogP contribution in [0.4, 0.5) is 0 Å². The number of benzene rings is 1. The van der Waals surface area contributed by atoms with Crippen molar-refractivity contribution < 1.29 is 9.53 Å². The smallest absolute Gasteiger partial charge is 0.251 e. The minimum absolute atomic E-state index is 0.0385. The van der Waals surface area contributed by atoms with Gasteiger partial charge in [-0.25, -0.2) is 9.97 Å². The van der Waals surface area contributed by atoms with Crippen molar-refractivity contribution in [3.63, 3.8) is 0 Å². The molecule has 1 atom stereocenters. The number of ether oxygens (including phenoxy) is 1. The molecule has 6 nitrogen and oxygen atoms in total. The molecule has 0 saturated carbocycles. The molecule has 1 amide bonds. The Morgan fingerprint density at radius 3 is 2.73 bits per heavy atom. The van der Waals surface area contributed by atoms with Crippen LogP contribution in [0.15, 0.2) is 18.2 Å². The predicted octanol–water partition coefficient (Wildman–Crippen LogP) is 2.33. The van der Waals surface area contributed by atoms with Crippen molar-refractivity contribution in [2.24, 2.45) is 5.92 Å². The van der Waals surface area contributed by atoms with Crippen molar-refractivity contribution in [2.45, 2.75) is 33.8 Å². The largest absolute Gasteiger partial charge is 0.374 e. The van der Waals surface area contributed by atoms with Crippen LogP contribution in [0, 0.1) is 19.8 Å². The number of nitrogens with zero attached hydrogens (tertiary/aromatic N) is 3. The van der Waals surface area contributed by atoms with Crippen LogP contribution in [-0.4, -0.2) is 59.7 Å². The zero-order valence-corrected chi connectivity index (χ0v) is 16.1. The minimum Gasteiger partial charge on any atom is -0.374 e. The van der Waals surface area contributed by atoms with Gasteiger partial charge in [-0.1, -0.05) is 13.8 Å². The van der Waals surface area contributed by atoms with Crippen LogP contribution in [0.3, 0.4) is 0 Å². The number of aromatic nitrogens is 2. The first-order valence-electron chi connectivity index (χ1n) is 9.29. The molecule has 0 bridgehead atoms. The van der Waals surface area contributed by atoms with E-state index in [1.54, 1.807) is 12.1 Å². The second kappa shape index (κ2) is 8.10. The molecule has 1 aliphatic heterocycles. The van der Waals surface area contributed by atoms with E-state index in [9.17, 15) is 4.79 Å². The highest BCUT2D eigenvalue weighted by molar-refractivity contribution is 5.97. The van der Waals surface area contributed by atoms with Crippen molar-refractivity contribution in [3.8, 4) is 0 Å². The molecular weight excluding hydrogens is 328 g/mol. The van der Waals surface area contributed by atoms with Crippen LogP contribution in [-0.2, 0) is 4.74 Å². The SMILES string of the molecule is Cc1nc2ccc(C(=O)NC[C@H]3CN(CC(C)C)CCO3)cc2nc1C. The van der Waals surface area contributed by atoms with E-state index in [1.807, 2.05) is 19.9 Å². The molecule has 1 fully saturated rings. The van der Waals surface area contributed by atoms with E-state index < -0.39 is 0 Å². The van der Waals surface area contributed by atoms with E-state index in [-0.39, 0.29) is 12.0 Å². The third kappa shape index (κ3) is 4.56. The second-order valence-corrected chi connectivity index (χ2v) is 7.45. The van der Waals surface area contributed by atoms with E-state index in [0.717, 1.165) is 48.7 Å². The third-order valence-corrected chi connectivity index (χ3v) is 4.67. The number of carbonyl (C=O) groups excluding carboxylic acids is 1. The normalized spacial score (nSPS) is 18.4. The van der Waals surface area contributed by atoms with E-state index in [4.69, 9.17) is 4.74 Å². The lowest BCUT2D eigenvalue weighted by Gasteiger charge is -2.33. The van der Waals surface area contributed by atoms with Gasteiger partial charge in [0, 0.05) is 31.7 Å². The Labute approximate surface area is 155 Å². The Balaban J connectivity index is 1.61. The number of hydrogen-bond donors (Lipinski definition) is 1. The van der Waals surface area contributed by atoms with Gasteiger partial charge in [0.2, 0.25) is 0 Å². The summed E-state index contributed by atoms with van der Waals surface area (Å²) in [6.07, 6.45) is 0.0385. The summed E-state index contributed by atoms with van der Waals surface area (Å²) in [4.78, 5) is 24.0. The van der Waals surface area contributed by atoms with E-state index in [0.29, 0.717) is 18.0 Å². The zero-order valence-electron chi connectivity index (χ0n) is 16.1. The molecule has 1 aliphatic rings. The molecule has 2 heterocycles. The maximum absolute atomic E-state index is 12.5. The fourth-order valence-corrected chi connectivity index (χ4v) is 3.27. The van der Waals surface area contributed by atoms with Gasteiger partial charge >= 0.3 is 0 Å². The van der Waals surface area contributed by atoms with Gasteiger partial charge in [-0.2, -0.15) is 0 Å². The summed E-state index contributed by atoms with van der Waals surface area (Å²) < 4.78 is 5.80. The van der Waals surface area contributed by atoms with Crippen molar-refractivity contribution >= 4 is 16.9 Å². The molecule has 6 heteroatoms. The fourth-order valence-electron chi connectivity index (χ4n) is 3.27. The highest BCUT2D eigenvalue weighted by Gasteiger charge is 2.21. The first kappa shape index (κ1) is 18.7. The summed E-state index contributed by atoms with van der Waals surface area (Å²) >= 11 is 0. The first-order chi connectivity index (χ1) is 12.4. The Morgan fingerprint density at radius 2 is 2.00 bits per heavy atom. The lowest BCUT2D eigenvalue weighted by atomic mass is 10.1. The van der Waals surface area contributed by atoms with Crippen LogP contribution in [0.5, 0.6) is 0 Å². The predicted molar refractivity (Wildman–Crippen MR) is 102 cm³/mol. The summed E-state index contributed by atoms with van der Waals surface area (Å²) in [5.41, 5.74) is 3.96. The summed E-state index contributed by atoms with van der Waals surface area (Å²) in [6, 6.07) is 5.45. The minimum atomic E-state index is -0.100. The summed E-state index contributed by atoms with van der Waals surface area (Å²) in [7, 11) is 0. The van der Waals surface area contributed by atoms with Gasteiger partial charge in [-0.05, 0) is 38.0 Å². The van der Waals surface area contributed by atoms with Crippen LogP contribution >= 0.6 is 0 Å². The third-order valence-electron chi connectivity index (χ3n) is 4.67. The number of aryl methyl sites for hydroxylation is 2. The molecule has 0 aliphatic carbocycles. The average Bonchev–Trinajstić information content (AvgIpc) is 2.60. The van der Waals surface area contributed by atoms with Crippen LogP contribution in [0.2, 0.25) is 0 Å². The van der Waals surface area contributed by atoms with Crippen molar-refractivity contribution in [3.05, 3.63) is 35.2 Å². The molecular formula is C20H28N4O2. The van der Waals surface area contributed by atoms with Gasteiger partial charge in [-0.15, -0.1) is 0 Å². The quantitative estimate of drug-likeness (QED) is 0.891. The number of amides is 1. The molecule has 2 aromatic rings. The number of morpholine rings is 1. The number of rotatable bonds is 5. The molecule has 1 aromatic carbocycles. The lowest BCUT2D eigenvalue weighted by Crippen LogP contribution is -2.48. The van der Waals surface area contributed by atoms with E-state index in [2.05, 4.69) is 34.0 Å². The highest BCUT2D eigenvalue weighted by atomic mass is 16.5. The molecule has 0 unspecified atom stereocenters. The summed E-state index contributed by atoms with van der Waals surface area (Å²) in [5.74, 6) is 0.533. The molecule has 3 rings (SSSR count). The maximum Gasteiger partial charge on any atom is 0.251 e. The van der Waals surface area contributed by atoms with E-state index in [1.165, 1.54) is 0 Å². The second-order valence-electron chi connectivity index (χ2n) is 7.45. The Bertz CT molecular complexity index is 791. The number of carbonyl (C=O) groups is 1. The van der Waals surface area contributed by atoms with Gasteiger partial charge in [0.05, 0.1) is 35.1 Å². The summed E-state index contributed by atoms with van der Waals surface area (Å²) in [6.45, 7) is 12.4. The van der Waals surface area contributed by atoms with Crippen LogP contribution < -0.4 is 5.32 Å². The van der Waals surface area contributed by atoms with Gasteiger partial charge in [0.25, 0.3) is 5.91 Å². The van der Waals surface area contributed by atoms with Crippen molar-refractivity contribution in [2.75, 3.05) is 32.8 Å². The topological polar surface area (TPSA) is 67.4 Å². The zero-order chi connectivity index (χ0) is 18.7. The molecule has 26 heavy (non-hydrogen) atoms. The number of hydrogen-bond acceptors (Lipinski definition) is 5. The molecule has 1 saturated heterocycles. The maximum atomic E-state index is 12.5. The van der Waals surface area contributed by atoms with E-state index >= 15 is 0 Å². The van der Waals surface area contributed by atoms with Crippen LogP contribution in [0.1, 0.15) is 35.6 Å². The Hall–Kier alpha value is -2.05. The van der Waals surface area contributed by atoms with Gasteiger partial charge in [0.1, 0.15) is 0 Å². The highest BCUT2D eigenvalue weighted by Crippen LogP contribution is 2.15. The molecule has 140 valence electrons. The average molecular weight is 356 g/mol. The Morgan fingerprint density at radius 1 is 1.27 bits per heavy atom. The molecule has 0 radical (unpaired) electrons. The Kier molecular flexibility index (Phi) is 5.84. The van der Waals surface area contributed by atoms with Gasteiger partial charge < -0.3 is 10.1 Å². The number of fused-ring (bicyclic) bond motifs is 1. The van der Waals surface area contributed by atoms with Crippen LogP contribution in [0.25, 0.3) is 11.0 Å². The molecule has 1 aromatic heterocycles. The summed E-state index contributed by atoms with van der Waals surface area (Å²) in [5, 5.41) is 2.99. The van der Waals surface area contributed by atoms with Crippen molar-refractivity contribution in [1.82, 2.24) is 20.2 Å². The van der Waals surface area contributed by atoms with Gasteiger partial charge in [0.15, 0.2) is 0 Å². The van der Waals surface area contributed by atoms with Gasteiger partial charge in [-0.3, -0.25) is 9.69 Å². The molecule has 0 spiro atoms. The lowest BCUT2D eigenvalue weighted by molar-refractivity contribution is -0.0295. The number of nitrogens with one attached hydrogen (secondary N) is 1. The first-order valence-corrected chi connectivity index (χ1v) is 9.29.